The fourth-order valence-corrected chi connectivity index (χ4v) is 3.41. The summed E-state index contributed by atoms with van der Waals surface area (Å²) in [6, 6.07) is 3.85. The predicted octanol–water partition coefficient (Wildman–Crippen LogP) is 2.29. The van der Waals surface area contributed by atoms with Crippen molar-refractivity contribution in [2.45, 2.75) is 33.1 Å². The van der Waals surface area contributed by atoms with E-state index >= 15 is 0 Å². The van der Waals surface area contributed by atoms with Crippen molar-refractivity contribution < 1.29 is 9.59 Å². The van der Waals surface area contributed by atoms with Crippen molar-refractivity contribution in [3.8, 4) is 0 Å². The smallest absolute Gasteiger partial charge is 0.261 e. The van der Waals surface area contributed by atoms with E-state index in [1.54, 1.807) is 0 Å². The molecule has 1 fully saturated rings. The van der Waals surface area contributed by atoms with Gasteiger partial charge in [-0.15, -0.1) is 0 Å². The lowest BCUT2D eigenvalue weighted by atomic mass is 9.94. The zero-order valence-electron chi connectivity index (χ0n) is 12.7. The summed E-state index contributed by atoms with van der Waals surface area (Å²) in [5, 5.41) is 3.34. The molecular weight excluding hydrogens is 264 g/mol. The molecule has 0 radical (unpaired) electrons. The van der Waals surface area contributed by atoms with Crippen LogP contribution >= 0.6 is 0 Å². The van der Waals surface area contributed by atoms with Crippen molar-refractivity contribution in [2.75, 3.05) is 19.6 Å². The molecule has 1 aromatic rings. The molecule has 2 aliphatic heterocycles. The summed E-state index contributed by atoms with van der Waals surface area (Å²) < 4.78 is 0. The molecule has 0 atom stereocenters. The van der Waals surface area contributed by atoms with Crippen LogP contribution in [0.3, 0.4) is 0 Å². The van der Waals surface area contributed by atoms with E-state index < -0.39 is 0 Å². The van der Waals surface area contributed by atoms with Gasteiger partial charge in [0.1, 0.15) is 0 Å². The molecule has 0 aromatic heterocycles. The maximum absolute atomic E-state index is 12.5. The first-order chi connectivity index (χ1) is 10.1. The Balaban J connectivity index is 1.77. The van der Waals surface area contributed by atoms with E-state index in [1.165, 1.54) is 4.90 Å². The molecule has 0 saturated carbocycles. The molecule has 2 amide bonds. The Labute approximate surface area is 125 Å². The molecule has 2 aliphatic rings. The minimum absolute atomic E-state index is 0.106. The average Bonchev–Trinajstić information content (AvgIpc) is 2.75. The van der Waals surface area contributed by atoms with Gasteiger partial charge in [0.15, 0.2) is 0 Å². The number of aryl methyl sites for hydroxylation is 2. The van der Waals surface area contributed by atoms with E-state index in [0.29, 0.717) is 23.6 Å². The standard InChI is InChI=1S/C17H22N2O2/c1-11-3-4-12(2)15-14(11)16(20)19(17(15)21)10-7-13-5-8-18-9-6-13/h3-4,13,18H,5-10H2,1-2H3. The van der Waals surface area contributed by atoms with Gasteiger partial charge in [-0.05, 0) is 63.2 Å². The van der Waals surface area contributed by atoms with Crippen LogP contribution in [0, 0.1) is 19.8 Å². The van der Waals surface area contributed by atoms with E-state index in [4.69, 9.17) is 0 Å². The number of imide groups is 1. The first-order valence-corrected chi connectivity index (χ1v) is 7.76. The number of nitrogens with zero attached hydrogens (tertiary/aromatic N) is 1. The Hall–Kier alpha value is -1.68. The summed E-state index contributed by atoms with van der Waals surface area (Å²) in [6.45, 7) is 6.45. The van der Waals surface area contributed by atoms with Gasteiger partial charge in [0.2, 0.25) is 0 Å². The molecule has 1 aromatic carbocycles. The molecule has 0 spiro atoms. The molecule has 4 nitrogen and oxygen atoms in total. The van der Waals surface area contributed by atoms with Crippen LogP contribution in [-0.4, -0.2) is 36.3 Å². The number of fused-ring (bicyclic) bond motifs is 1. The second-order valence-corrected chi connectivity index (χ2v) is 6.19. The fourth-order valence-electron chi connectivity index (χ4n) is 3.41. The van der Waals surface area contributed by atoms with Gasteiger partial charge in [-0.1, -0.05) is 12.1 Å². The van der Waals surface area contributed by atoms with Crippen LogP contribution in [-0.2, 0) is 0 Å². The van der Waals surface area contributed by atoms with Crippen LogP contribution in [0.5, 0.6) is 0 Å². The summed E-state index contributed by atoms with van der Waals surface area (Å²) in [7, 11) is 0. The molecule has 1 saturated heterocycles. The third-order valence-corrected chi connectivity index (χ3v) is 4.76. The number of benzene rings is 1. The average molecular weight is 286 g/mol. The van der Waals surface area contributed by atoms with Gasteiger partial charge < -0.3 is 5.32 Å². The highest BCUT2D eigenvalue weighted by Crippen LogP contribution is 2.29. The Morgan fingerprint density at radius 1 is 1.05 bits per heavy atom. The van der Waals surface area contributed by atoms with Crippen molar-refractivity contribution in [1.82, 2.24) is 10.2 Å². The molecule has 21 heavy (non-hydrogen) atoms. The highest BCUT2D eigenvalue weighted by atomic mass is 16.2. The maximum atomic E-state index is 12.5. The molecule has 2 heterocycles. The summed E-state index contributed by atoms with van der Waals surface area (Å²) in [4.78, 5) is 26.5. The Kier molecular flexibility index (Phi) is 3.81. The Bertz CT molecular complexity index is 548. The van der Waals surface area contributed by atoms with Gasteiger partial charge in [-0.2, -0.15) is 0 Å². The van der Waals surface area contributed by atoms with Gasteiger partial charge in [-0.25, -0.2) is 0 Å². The lowest BCUT2D eigenvalue weighted by Gasteiger charge is -2.24. The van der Waals surface area contributed by atoms with Crippen LogP contribution < -0.4 is 5.32 Å². The number of amides is 2. The molecule has 112 valence electrons. The summed E-state index contributed by atoms with van der Waals surface area (Å²) in [5.74, 6) is 0.410. The van der Waals surface area contributed by atoms with Crippen molar-refractivity contribution in [3.63, 3.8) is 0 Å². The van der Waals surface area contributed by atoms with Crippen LogP contribution in [0.4, 0.5) is 0 Å². The maximum Gasteiger partial charge on any atom is 0.261 e. The SMILES string of the molecule is Cc1ccc(C)c2c1C(=O)N(CCC1CCNCC1)C2=O. The van der Waals surface area contributed by atoms with Gasteiger partial charge in [0.05, 0.1) is 11.1 Å². The minimum atomic E-state index is -0.106. The highest BCUT2D eigenvalue weighted by Gasteiger charge is 2.37. The third kappa shape index (κ3) is 2.48. The van der Waals surface area contributed by atoms with Crippen molar-refractivity contribution in [3.05, 3.63) is 34.4 Å². The predicted molar refractivity (Wildman–Crippen MR) is 81.5 cm³/mol. The monoisotopic (exact) mass is 286 g/mol. The van der Waals surface area contributed by atoms with E-state index in [2.05, 4.69) is 5.32 Å². The zero-order valence-corrected chi connectivity index (χ0v) is 12.7. The number of hydrogen-bond acceptors (Lipinski definition) is 3. The number of hydrogen-bond donors (Lipinski definition) is 1. The van der Waals surface area contributed by atoms with Gasteiger partial charge in [0.25, 0.3) is 11.8 Å². The van der Waals surface area contributed by atoms with Crippen LogP contribution in [0.15, 0.2) is 12.1 Å². The zero-order chi connectivity index (χ0) is 15.0. The first kappa shape index (κ1) is 14.3. The second-order valence-electron chi connectivity index (χ2n) is 6.19. The van der Waals surface area contributed by atoms with E-state index in [0.717, 1.165) is 43.5 Å². The third-order valence-electron chi connectivity index (χ3n) is 4.76. The summed E-state index contributed by atoms with van der Waals surface area (Å²) >= 11 is 0. The number of rotatable bonds is 3. The Morgan fingerprint density at radius 2 is 1.57 bits per heavy atom. The lowest BCUT2D eigenvalue weighted by molar-refractivity contribution is 0.0642. The molecule has 1 N–H and O–H groups in total. The summed E-state index contributed by atoms with van der Waals surface area (Å²) in [6.07, 6.45) is 3.20. The number of carbonyl (C=O) groups is 2. The van der Waals surface area contributed by atoms with Crippen molar-refractivity contribution in [1.29, 1.82) is 0 Å². The molecular formula is C17H22N2O2. The molecule has 3 rings (SSSR count). The van der Waals surface area contributed by atoms with Crippen LogP contribution in [0.25, 0.3) is 0 Å². The number of piperidine rings is 1. The first-order valence-electron chi connectivity index (χ1n) is 7.76. The largest absolute Gasteiger partial charge is 0.317 e. The molecule has 0 aliphatic carbocycles. The van der Waals surface area contributed by atoms with Crippen molar-refractivity contribution >= 4 is 11.8 Å². The van der Waals surface area contributed by atoms with Crippen LogP contribution in [0.2, 0.25) is 0 Å². The lowest BCUT2D eigenvalue weighted by Crippen LogP contribution is -2.34. The van der Waals surface area contributed by atoms with Crippen LogP contribution in [0.1, 0.15) is 51.1 Å². The number of nitrogens with one attached hydrogen (secondary N) is 1. The summed E-state index contributed by atoms with van der Waals surface area (Å²) in [5.41, 5.74) is 3.03. The second kappa shape index (κ2) is 5.60. The van der Waals surface area contributed by atoms with E-state index in [9.17, 15) is 9.59 Å². The topological polar surface area (TPSA) is 49.4 Å². The fraction of sp³-hybridized carbons (Fsp3) is 0.529. The Morgan fingerprint density at radius 3 is 2.10 bits per heavy atom. The van der Waals surface area contributed by atoms with Crippen molar-refractivity contribution in [2.24, 2.45) is 5.92 Å². The highest BCUT2D eigenvalue weighted by molar-refractivity contribution is 6.22. The van der Waals surface area contributed by atoms with Gasteiger partial charge >= 0.3 is 0 Å². The van der Waals surface area contributed by atoms with E-state index in [-0.39, 0.29) is 11.8 Å². The van der Waals surface area contributed by atoms with E-state index in [1.807, 2.05) is 26.0 Å². The number of carbonyl (C=O) groups excluding carboxylic acids is 2. The van der Waals surface area contributed by atoms with Gasteiger partial charge in [-0.3, -0.25) is 14.5 Å². The molecule has 0 unspecified atom stereocenters. The quantitative estimate of drug-likeness (QED) is 0.867. The molecule has 0 bridgehead atoms. The minimum Gasteiger partial charge on any atom is -0.317 e. The normalized spacial score (nSPS) is 19.2. The molecule has 4 heteroatoms. The van der Waals surface area contributed by atoms with Gasteiger partial charge in [0, 0.05) is 6.54 Å².